The molecule has 134 valence electrons. The van der Waals surface area contributed by atoms with Crippen LogP contribution in [0.3, 0.4) is 0 Å². The van der Waals surface area contributed by atoms with Gasteiger partial charge in [-0.2, -0.15) is 0 Å². The number of carboxylic acid groups (broad SMARTS) is 1. The van der Waals surface area contributed by atoms with Gasteiger partial charge in [0.2, 0.25) is 0 Å². The van der Waals surface area contributed by atoms with Crippen molar-refractivity contribution < 1.29 is 14.7 Å². The number of hydrogen-bond donors (Lipinski definition) is 2. The van der Waals surface area contributed by atoms with Crippen molar-refractivity contribution in [2.24, 2.45) is 0 Å². The van der Waals surface area contributed by atoms with Crippen LogP contribution in [0.2, 0.25) is 5.02 Å². The Morgan fingerprint density at radius 2 is 1.92 bits per heavy atom. The minimum atomic E-state index is -0.931. The zero-order valence-electron chi connectivity index (χ0n) is 14.5. The van der Waals surface area contributed by atoms with Gasteiger partial charge in [0.1, 0.15) is 0 Å². The molecule has 26 heavy (non-hydrogen) atoms. The molecule has 1 heterocycles. The largest absolute Gasteiger partial charge is 0.481 e. The third-order valence-corrected chi connectivity index (χ3v) is 4.49. The number of benzene rings is 2. The number of aliphatic carboxylic acids is 1. The van der Waals surface area contributed by atoms with Gasteiger partial charge in [-0.1, -0.05) is 35.9 Å². The smallest absolute Gasteiger partial charge is 0.307 e. The number of rotatable bonds is 5. The van der Waals surface area contributed by atoms with E-state index in [1.54, 1.807) is 18.2 Å². The van der Waals surface area contributed by atoms with E-state index in [1.165, 1.54) is 0 Å². The van der Waals surface area contributed by atoms with Crippen molar-refractivity contribution in [1.29, 1.82) is 0 Å². The van der Waals surface area contributed by atoms with Gasteiger partial charge in [0, 0.05) is 23.1 Å². The number of aromatic nitrogens is 1. The molecule has 5 nitrogen and oxygen atoms in total. The van der Waals surface area contributed by atoms with Gasteiger partial charge < -0.3 is 15.0 Å². The maximum Gasteiger partial charge on any atom is 0.307 e. The number of fused-ring (bicyclic) bond motifs is 1. The molecule has 0 atom stereocenters. The predicted molar refractivity (Wildman–Crippen MR) is 103 cm³/mol. The summed E-state index contributed by atoms with van der Waals surface area (Å²) >= 11 is 6.21. The van der Waals surface area contributed by atoms with Crippen molar-refractivity contribution in [3.8, 4) is 0 Å². The fourth-order valence-corrected chi connectivity index (χ4v) is 3.20. The van der Waals surface area contributed by atoms with E-state index in [-0.39, 0.29) is 18.4 Å². The topological polar surface area (TPSA) is 71.3 Å². The summed E-state index contributed by atoms with van der Waals surface area (Å²) in [5.74, 6) is -1.19. The first-order chi connectivity index (χ1) is 12.4. The molecule has 0 aliphatic rings. The summed E-state index contributed by atoms with van der Waals surface area (Å²) in [6, 6.07) is 12.8. The minimum absolute atomic E-state index is 0.115. The van der Waals surface area contributed by atoms with Gasteiger partial charge in [0.05, 0.1) is 22.7 Å². The van der Waals surface area contributed by atoms with E-state index in [0.29, 0.717) is 21.8 Å². The Bertz CT molecular complexity index is 992. The van der Waals surface area contributed by atoms with Crippen molar-refractivity contribution >= 4 is 40.1 Å². The normalized spacial score (nSPS) is 11.1. The Morgan fingerprint density at radius 1 is 1.19 bits per heavy atom. The van der Waals surface area contributed by atoms with E-state index in [0.717, 1.165) is 10.9 Å². The molecule has 3 rings (SSSR count). The highest BCUT2D eigenvalue weighted by Gasteiger charge is 2.17. The van der Waals surface area contributed by atoms with Crippen LogP contribution in [0.4, 0.5) is 5.69 Å². The lowest BCUT2D eigenvalue weighted by molar-refractivity contribution is -0.136. The van der Waals surface area contributed by atoms with Gasteiger partial charge in [0.25, 0.3) is 5.91 Å². The molecule has 0 saturated carbocycles. The summed E-state index contributed by atoms with van der Waals surface area (Å²) in [5.41, 5.74) is 2.60. The molecule has 6 heteroatoms. The van der Waals surface area contributed by atoms with Crippen molar-refractivity contribution in [3.05, 3.63) is 64.8 Å². The number of hydrogen-bond acceptors (Lipinski definition) is 2. The van der Waals surface area contributed by atoms with Crippen LogP contribution in [0.5, 0.6) is 0 Å². The Hall–Kier alpha value is -2.79. The molecule has 0 saturated heterocycles. The molecule has 0 aliphatic heterocycles. The van der Waals surface area contributed by atoms with Crippen LogP contribution in [0.25, 0.3) is 10.9 Å². The SMILES string of the molecule is CC(C)n1cc(C(=O)Nc2ccc(CC(=O)O)cc2Cl)c2ccccc21. The van der Waals surface area contributed by atoms with Crippen LogP contribution >= 0.6 is 11.6 Å². The molecule has 0 radical (unpaired) electrons. The zero-order chi connectivity index (χ0) is 18.8. The molecule has 0 spiro atoms. The van der Waals surface area contributed by atoms with Crippen LogP contribution in [0.1, 0.15) is 35.8 Å². The molecule has 0 bridgehead atoms. The second kappa shape index (κ2) is 7.22. The first kappa shape index (κ1) is 18.0. The Labute approximate surface area is 156 Å². The van der Waals surface area contributed by atoms with Gasteiger partial charge in [-0.3, -0.25) is 9.59 Å². The summed E-state index contributed by atoms with van der Waals surface area (Å²) in [5, 5.41) is 12.9. The van der Waals surface area contributed by atoms with Gasteiger partial charge in [-0.05, 0) is 37.6 Å². The molecule has 1 aromatic heterocycles. The van der Waals surface area contributed by atoms with Crippen LogP contribution in [0, 0.1) is 0 Å². The average molecular weight is 371 g/mol. The molecule has 0 aliphatic carbocycles. The molecule has 1 amide bonds. The van der Waals surface area contributed by atoms with Gasteiger partial charge >= 0.3 is 5.97 Å². The van der Waals surface area contributed by atoms with Crippen LogP contribution in [-0.2, 0) is 11.2 Å². The van der Waals surface area contributed by atoms with E-state index >= 15 is 0 Å². The highest BCUT2D eigenvalue weighted by molar-refractivity contribution is 6.34. The number of carboxylic acids is 1. The van der Waals surface area contributed by atoms with E-state index in [1.807, 2.05) is 30.5 Å². The molecule has 0 fully saturated rings. The number of anilines is 1. The van der Waals surface area contributed by atoms with Crippen molar-refractivity contribution in [2.45, 2.75) is 26.3 Å². The summed E-state index contributed by atoms with van der Waals surface area (Å²) < 4.78 is 2.06. The maximum atomic E-state index is 12.8. The average Bonchev–Trinajstić information content (AvgIpc) is 2.97. The van der Waals surface area contributed by atoms with E-state index in [2.05, 4.69) is 23.7 Å². The van der Waals surface area contributed by atoms with Gasteiger partial charge in [-0.25, -0.2) is 0 Å². The van der Waals surface area contributed by atoms with Crippen LogP contribution < -0.4 is 5.32 Å². The minimum Gasteiger partial charge on any atom is -0.481 e. The third-order valence-electron chi connectivity index (χ3n) is 4.18. The lowest BCUT2D eigenvalue weighted by Crippen LogP contribution is -2.12. The number of para-hydroxylation sites is 1. The van der Waals surface area contributed by atoms with E-state index < -0.39 is 5.97 Å². The third kappa shape index (κ3) is 3.58. The Kier molecular flexibility index (Phi) is 5.00. The first-order valence-corrected chi connectivity index (χ1v) is 8.65. The second-order valence-corrected chi connectivity index (χ2v) is 6.81. The number of carbonyl (C=O) groups excluding carboxylic acids is 1. The zero-order valence-corrected chi connectivity index (χ0v) is 15.2. The Balaban J connectivity index is 1.91. The van der Waals surface area contributed by atoms with Gasteiger partial charge in [0.15, 0.2) is 0 Å². The first-order valence-electron chi connectivity index (χ1n) is 8.28. The number of amides is 1. The number of carbonyl (C=O) groups is 2. The summed E-state index contributed by atoms with van der Waals surface area (Å²) in [7, 11) is 0. The van der Waals surface area contributed by atoms with Crippen LogP contribution in [-0.4, -0.2) is 21.6 Å². The molecule has 2 N–H and O–H groups in total. The standard InChI is InChI=1S/C20H19ClN2O3/c1-12(2)23-11-15(14-5-3-4-6-18(14)23)20(26)22-17-8-7-13(9-16(17)21)10-19(24)25/h3-9,11-12H,10H2,1-2H3,(H,22,26)(H,24,25). The number of nitrogens with zero attached hydrogens (tertiary/aromatic N) is 1. The lowest BCUT2D eigenvalue weighted by atomic mass is 10.1. The highest BCUT2D eigenvalue weighted by Crippen LogP contribution is 2.28. The Morgan fingerprint density at radius 3 is 2.58 bits per heavy atom. The molecular weight excluding hydrogens is 352 g/mol. The molecule has 3 aromatic rings. The van der Waals surface area contributed by atoms with Crippen molar-refractivity contribution in [2.75, 3.05) is 5.32 Å². The maximum absolute atomic E-state index is 12.8. The highest BCUT2D eigenvalue weighted by atomic mass is 35.5. The second-order valence-electron chi connectivity index (χ2n) is 6.40. The fraction of sp³-hybridized carbons (Fsp3) is 0.200. The molecule has 0 unspecified atom stereocenters. The van der Waals surface area contributed by atoms with Crippen LogP contribution in [0.15, 0.2) is 48.7 Å². The van der Waals surface area contributed by atoms with Crippen molar-refractivity contribution in [3.63, 3.8) is 0 Å². The quantitative estimate of drug-likeness (QED) is 0.680. The lowest BCUT2D eigenvalue weighted by Gasteiger charge is -2.09. The number of halogens is 1. The predicted octanol–water partition coefficient (Wildman–Crippen LogP) is 4.76. The summed E-state index contributed by atoms with van der Waals surface area (Å²) in [4.78, 5) is 23.6. The summed E-state index contributed by atoms with van der Waals surface area (Å²) in [6.45, 7) is 4.12. The van der Waals surface area contributed by atoms with Gasteiger partial charge in [-0.15, -0.1) is 0 Å². The fourth-order valence-electron chi connectivity index (χ4n) is 2.95. The number of nitrogens with one attached hydrogen (secondary N) is 1. The van der Waals surface area contributed by atoms with Crippen molar-refractivity contribution in [1.82, 2.24) is 4.57 Å². The molecule has 2 aromatic carbocycles. The monoisotopic (exact) mass is 370 g/mol. The summed E-state index contributed by atoms with van der Waals surface area (Å²) in [6.07, 6.45) is 1.73. The van der Waals surface area contributed by atoms with E-state index in [4.69, 9.17) is 16.7 Å². The van der Waals surface area contributed by atoms with E-state index in [9.17, 15) is 9.59 Å². The molecular formula is C20H19ClN2O3.